The quantitative estimate of drug-likeness (QED) is 0.166. The molecule has 0 aliphatic rings. The fourth-order valence-electron chi connectivity index (χ4n) is 3.76. The number of esters is 1. The van der Waals surface area contributed by atoms with E-state index in [1.165, 1.54) is 18.0 Å². The first kappa shape index (κ1) is 24.9. The number of hydrogen-bond donors (Lipinski definition) is 0. The molecule has 0 fully saturated rings. The van der Waals surface area contributed by atoms with Gasteiger partial charge in [-0.05, 0) is 80.7 Å². The molecule has 0 unspecified atom stereocenters. The first-order valence-electron chi connectivity index (χ1n) is 11.1. The number of furan rings is 1. The average Bonchev–Trinajstić information content (AvgIpc) is 3.33. The van der Waals surface area contributed by atoms with Crippen LogP contribution < -0.4 is 10.3 Å². The van der Waals surface area contributed by atoms with Crippen LogP contribution in [0, 0.1) is 0 Å². The summed E-state index contributed by atoms with van der Waals surface area (Å²) < 4.78 is 18.9. The fourth-order valence-corrected chi connectivity index (χ4v) is 5.17. The third-order valence-electron chi connectivity index (χ3n) is 5.57. The van der Waals surface area contributed by atoms with E-state index in [0.717, 1.165) is 5.39 Å². The molecule has 0 radical (unpaired) electrons. The van der Waals surface area contributed by atoms with Crippen molar-refractivity contribution in [3.63, 3.8) is 0 Å². The van der Waals surface area contributed by atoms with Gasteiger partial charge in [-0.15, -0.1) is 0 Å². The van der Waals surface area contributed by atoms with Crippen LogP contribution in [0.25, 0.3) is 33.5 Å². The Morgan fingerprint density at radius 3 is 2.51 bits per heavy atom. The van der Waals surface area contributed by atoms with Gasteiger partial charge in [0.05, 0.1) is 33.2 Å². The molecule has 186 valence electrons. The second kappa shape index (κ2) is 10.3. The molecule has 0 saturated carbocycles. The normalized spacial score (nSPS) is 12.3. The number of carbonyl (C=O) groups is 1. The molecule has 0 spiro atoms. The molecule has 0 saturated heterocycles. The van der Waals surface area contributed by atoms with E-state index in [0.29, 0.717) is 42.5 Å². The van der Waals surface area contributed by atoms with Crippen LogP contribution in [0.15, 0.2) is 90.0 Å². The van der Waals surface area contributed by atoms with Crippen molar-refractivity contribution in [1.82, 2.24) is 9.66 Å². The maximum atomic E-state index is 13.4. The van der Waals surface area contributed by atoms with Crippen molar-refractivity contribution in [2.75, 3.05) is 7.11 Å². The van der Waals surface area contributed by atoms with E-state index in [-0.39, 0.29) is 11.4 Å². The standard InChI is InChI=1S/C27H19Br2N3O5/c1-15(27(34)35-2)36-24-19(28)11-16(12-20(24)29)14-30-32-25(23-13-17-7-3-6-10-22(17)37-23)31-21-9-5-4-8-18(21)26(32)33/h3-15H,1-2H3/t15-/m1/s1. The molecule has 2 aromatic heterocycles. The van der Waals surface area contributed by atoms with Gasteiger partial charge in [0.25, 0.3) is 5.56 Å². The number of hydrogen-bond acceptors (Lipinski definition) is 7. The van der Waals surface area contributed by atoms with E-state index in [1.807, 2.05) is 36.4 Å². The Kier molecular flexibility index (Phi) is 6.94. The third-order valence-corrected chi connectivity index (χ3v) is 6.75. The Morgan fingerprint density at radius 1 is 1.08 bits per heavy atom. The van der Waals surface area contributed by atoms with Crippen molar-refractivity contribution in [2.45, 2.75) is 13.0 Å². The van der Waals surface area contributed by atoms with Crippen LogP contribution in [-0.4, -0.2) is 35.1 Å². The Bertz CT molecular complexity index is 1690. The highest BCUT2D eigenvalue weighted by Crippen LogP contribution is 2.35. The summed E-state index contributed by atoms with van der Waals surface area (Å²) in [5, 5.41) is 5.81. The molecule has 5 rings (SSSR count). The Morgan fingerprint density at radius 2 is 1.78 bits per heavy atom. The first-order chi connectivity index (χ1) is 17.9. The van der Waals surface area contributed by atoms with Gasteiger partial charge in [0.15, 0.2) is 11.9 Å². The second-order valence-electron chi connectivity index (χ2n) is 8.06. The first-order valence-corrected chi connectivity index (χ1v) is 12.7. The van der Waals surface area contributed by atoms with E-state index >= 15 is 0 Å². The summed E-state index contributed by atoms with van der Waals surface area (Å²) in [4.78, 5) is 29.9. The van der Waals surface area contributed by atoms with E-state index in [9.17, 15) is 9.59 Å². The average molecular weight is 625 g/mol. The van der Waals surface area contributed by atoms with Crippen molar-refractivity contribution < 1.29 is 18.7 Å². The minimum Gasteiger partial charge on any atom is -0.477 e. The van der Waals surface area contributed by atoms with Gasteiger partial charge in [0, 0.05) is 5.39 Å². The number of carbonyl (C=O) groups excluding carboxylic acids is 1. The second-order valence-corrected chi connectivity index (χ2v) is 9.77. The molecule has 1 atom stereocenters. The van der Waals surface area contributed by atoms with Crippen LogP contribution in [0.3, 0.4) is 0 Å². The summed E-state index contributed by atoms with van der Waals surface area (Å²) in [7, 11) is 1.30. The molecule has 0 aliphatic heterocycles. The van der Waals surface area contributed by atoms with Gasteiger partial charge in [-0.3, -0.25) is 4.79 Å². The largest absolute Gasteiger partial charge is 0.477 e. The van der Waals surface area contributed by atoms with E-state index in [2.05, 4.69) is 37.0 Å². The van der Waals surface area contributed by atoms with Crippen molar-refractivity contribution >= 4 is 65.9 Å². The molecule has 3 aromatic carbocycles. The molecule has 0 N–H and O–H groups in total. The van der Waals surface area contributed by atoms with Gasteiger partial charge < -0.3 is 13.9 Å². The molecule has 0 amide bonds. The zero-order chi connectivity index (χ0) is 26.1. The van der Waals surface area contributed by atoms with E-state index < -0.39 is 12.1 Å². The number of benzene rings is 3. The molecule has 2 heterocycles. The van der Waals surface area contributed by atoms with Crippen molar-refractivity contribution in [1.29, 1.82) is 0 Å². The predicted octanol–water partition coefficient (Wildman–Crippen LogP) is 6.16. The van der Waals surface area contributed by atoms with Crippen LogP contribution in [0.5, 0.6) is 5.75 Å². The lowest BCUT2D eigenvalue weighted by Crippen LogP contribution is -2.25. The molecular weight excluding hydrogens is 606 g/mol. The highest BCUT2D eigenvalue weighted by Gasteiger charge is 2.19. The lowest BCUT2D eigenvalue weighted by Gasteiger charge is -2.15. The van der Waals surface area contributed by atoms with E-state index in [1.54, 1.807) is 37.3 Å². The van der Waals surface area contributed by atoms with Gasteiger partial charge in [-0.2, -0.15) is 9.78 Å². The number of rotatable bonds is 6. The van der Waals surface area contributed by atoms with Crippen molar-refractivity contribution in [3.8, 4) is 17.3 Å². The van der Waals surface area contributed by atoms with Crippen LogP contribution in [0.1, 0.15) is 12.5 Å². The Balaban J connectivity index is 1.59. The molecule has 0 aliphatic carbocycles. The highest BCUT2D eigenvalue weighted by molar-refractivity contribution is 9.11. The van der Waals surface area contributed by atoms with Gasteiger partial charge in [0.1, 0.15) is 11.3 Å². The lowest BCUT2D eigenvalue weighted by atomic mass is 10.2. The minimum absolute atomic E-state index is 0.279. The predicted molar refractivity (Wildman–Crippen MR) is 148 cm³/mol. The van der Waals surface area contributed by atoms with Gasteiger partial charge >= 0.3 is 5.97 Å². The zero-order valence-corrected chi connectivity index (χ0v) is 22.8. The molecule has 5 aromatic rings. The molecule has 8 nitrogen and oxygen atoms in total. The smallest absolute Gasteiger partial charge is 0.346 e. The zero-order valence-electron chi connectivity index (χ0n) is 19.6. The number of methoxy groups -OCH3 is 1. The Hall–Kier alpha value is -3.76. The number of ether oxygens (including phenoxy) is 2. The van der Waals surface area contributed by atoms with Crippen LogP contribution >= 0.6 is 31.9 Å². The van der Waals surface area contributed by atoms with Crippen LogP contribution in [0.4, 0.5) is 0 Å². The summed E-state index contributed by atoms with van der Waals surface area (Å²) in [5.74, 6) is 0.638. The van der Waals surface area contributed by atoms with Gasteiger partial charge in [0.2, 0.25) is 5.82 Å². The summed E-state index contributed by atoms with van der Waals surface area (Å²) in [6, 6.07) is 20.0. The van der Waals surface area contributed by atoms with Crippen LogP contribution in [0.2, 0.25) is 0 Å². The lowest BCUT2D eigenvalue weighted by molar-refractivity contribution is -0.147. The maximum absolute atomic E-state index is 13.4. The molecular formula is C27H19Br2N3O5. The monoisotopic (exact) mass is 623 g/mol. The number of para-hydroxylation sites is 2. The summed E-state index contributed by atoms with van der Waals surface area (Å²) in [6.07, 6.45) is 0.735. The molecule has 0 bridgehead atoms. The Labute approximate surface area is 227 Å². The van der Waals surface area contributed by atoms with E-state index in [4.69, 9.17) is 18.9 Å². The third kappa shape index (κ3) is 4.94. The number of fused-ring (bicyclic) bond motifs is 2. The van der Waals surface area contributed by atoms with Crippen LogP contribution in [-0.2, 0) is 9.53 Å². The SMILES string of the molecule is COC(=O)[C@@H](C)Oc1c(Br)cc(C=Nn2c(-c3cc4ccccc4o3)nc3ccccc3c2=O)cc1Br. The van der Waals surface area contributed by atoms with Crippen molar-refractivity contribution in [3.05, 3.63) is 91.6 Å². The minimum atomic E-state index is -0.800. The topological polar surface area (TPSA) is 95.9 Å². The number of halogens is 2. The summed E-state index contributed by atoms with van der Waals surface area (Å²) >= 11 is 6.95. The van der Waals surface area contributed by atoms with Gasteiger partial charge in [-0.25, -0.2) is 9.78 Å². The molecule has 10 heteroatoms. The van der Waals surface area contributed by atoms with Gasteiger partial charge in [-0.1, -0.05) is 30.3 Å². The number of nitrogens with zero attached hydrogens (tertiary/aromatic N) is 3. The maximum Gasteiger partial charge on any atom is 0.346 e. The fraction of sp³-hybridized carbons (Fsp3) is 0.111. The summed E-state index contributed by atoms with van der Waals surface area (Å²) in [6.45, 7) is 1.60. The molecule has 37 heavy (non-hydrogen) atoms. The summed E-state index contributed by atoms with van der Waals surface area (Å²) in [5.41, 5.74) is 1.55. The number of aromatic nitrogens is 2. The highest BCUT2D eigenvalue weighted by atomic mass is 79.9. The van der Waals surface area contributed by atoms with Crippen molar-refractivity contribution in [2.24, 2.45) is 5.10 Å².